The maximum atomic E-state index is 13.6. The van der Waals surface area contributed by atoms with Crippen LogP contribution in [0.1, 0.15) is 33.8 Å². The summed E-state index contributed by atoms with van der Waals surface area (Å²) in [4.78, 5) is 18.1. The van der Waals surface area contributed by atoms with Gasteiger partial charge < -0.3 is 14.5 Å². The molecule has 0 aromatic heterocycles. The van der Waals surface area contributed by atoms with Crippen molar-refractivity contribution >= 4 is 23.2 Å². The number of methoxy groups -OCH3 is 1. The number of benzene rings is 3. The van der Waals surface area contributed by atoms with Crippen molar-refractivity contribution < 1.29 is 9.53 Å². The highest BCUT2D eigenvalue weighted by Gasteiger charge is 2.39. The van der Waals surface area contributed by atoms with Crippen LogP contribution in [0.4, 0.5) is 5.69 Å². The summed E-state index contributed by atoms with van der Waals surface area (Å²) in [6.45, 7) is 2.24. The summed E-state index contributed by atoms with van der Waals surface area (Å²) in [5, 5.41) is 0.591. The summed E-state index contributed by atoms with van der Waals surface area (Å²) >= 11 is 6.20. The van der Waals surface area contributed by atoms with Crippen LogP contribution in [-0.4, -0.2) is 43.6 Å². The van der Waals surface area contributed by atoms with Crippen LogP contribution in [0.15, 0.2) is 72.8 Å². The maximum Gasteiger partial charge on any atom is 0.254 e. The quantitative estimate of drug-likeness (QED) is 0.537. The molecule has 5 heteroatoms. The first-order valence-electron chi connectivity index (χ1n) is 11.2. The summed E-state index contributed by atoms with van der Waals surface area (Å²) in [5.74, 6) is 1.23. The Hall–Kier alpha value is -2.98. The van der Waals surface area contributed by atoms with E-state index < -0.39 is 0 Å². The van der Waals surface area contributed by atoms with Crippen LogP contribution >= 0.6 is 11.6 Å². The molecule has 1 aliphatic carbocycles. The van der Waals surface area contributed by atoms with Gasteiger partial charge in [-0.05, 0) is 54.3 Å². The molecule has 1 fully saturated rings. The fraction of sp³-hybridized carbons (Fsp3) is 0.296. The topological polar surface area (TPSA) is 32.8 Å². The molecule has 1 heterocycles. The van der Waals surface area contributed by atoms with Crippen LogP contribution < -0.4 is 9.64 Å². The first-order chi connectivity index (χ1) is 15.6. The molecular formula is C27H27ClN2O2. The molecule has 2 atom stereocenters. The lowest BCUT2D eigenvalue weighted by Gasteiger charge is -2.45. The fourth-order valence-electron chi connectivity index (χ4n) is 5.23. The minimum atomic E-state index is 0.0622. The predicted molar refractivity (Wildman–Crippen MR) is 129 cm³/mol. The number of fused-ring (bicyclic) bond motifs is 1. The van der Waals surface area contributed by atoms with Gasteiger partial charge in [-0.15, -0.1) is 0 Å². The normalized spacial score (nSPS) is 20.2. The molecule has 0 radical (unpaired) electrons. The fourth-order valence-corrected chi connectivity index (χ4v) is 5.42. The van der Waals surface area contributed by atoms with Gasteiger partial charge in [0.15, 0.2) is 0 Å². The molecule has 1 amide bonds. The molecule has 5 rings (SSSR count). The Labute approximate surface area is 194 Å². The molecule has 0 N–H and O–H groups in total. The van der Waals surface area contributed by atoms with E-state index in [4.69, 9.17) is 16.3 Å². The van der Waals surface area contributed by atoms with Gasteiger partial charge in [-0.2, -0.15) is 0 Å². The van der Waals surface area contributed by atoms with E-state index in [0.29, 0.717) is 23.0 Å². The van der Waals surface area contributed by atoms with Crippen LogP contribution in [0.25, 0.3) is 0 Å². The van der Waals surface area contributed by atoms with Gasteiger partial charge in [-0.1, -0.05) is 48.0 Å². The average Bonchev–Trinajstić information content (AvgIpc) is 3.27. The van der Waals surface area contributed by atoms with Crippen molar-refractivity contribution in [2.75, 3.05) is 31.6 Å². The van der Waals surface area contributed by atoms with E-state index >= 15 is 0 Å². The molecule has 2 aliphatic rings. The minimum absolute atomic E-state index is 0.0622. The third-order valence-electron chi connectivity index (χ3n) is 6.81. The molecule has 3 aromatic rings. The van der Waals surface area contributed by atoms with Gasteiger partial charge in [-0.25, -0.2) is 0 Å². The number of aryl methyl sites for hydroxylation is 1. The molecule has 0 saturated carbocycles. The number of hydrogen-bond donors (Lipinski definition) is 0. The number of carbonyl (C=O) groups is 1. The zero-order valence-electron chi connectivity index (χ0n) is 18.2. The summed E-state index contributed by atoms with van der Waals surface area (Å²) in [6.07, 6.45) is 2.13. The van der Waals surface area contributed by atoms with Gasteiger partial charge >= 0.3 is 0 Å². The number of hydrogen-bond acceptors (Lipinski definition) is 3. The predicted octanol–water partition coefficient (Wildman–Crippen LogP) is 5.41. The van der Waals surface area contributed by atoms with Crippen LogP contribution in [0.3, 0.4) is 0 Å². The smallest absolute Gasteiger partial charge is 0.254 e. The van der Waals surface area contributed by atoms with E-state index in [9.17, 15) is 4.79 Å². The molecule has 1 aliphatic heterocycles. The highest BCUT2D eigenvalue weighted by atomic mass is 35.5. The standard InChI is InChI=1S/C27H27ClN2O2/c1-32-23-10-5-9-22(17-23)29-14-15-30(27(31)20-7-4-8-21(28)16-20)26(18-29)25-13-12-19-6-2-3-11-24(19)25/h2-11,16-17,25-26H,12-15,18H2,1H3. The van der Waals surface area contributed by atoms with Gasteiger partial charge in [-0.3, -0.25) is 4.79 Å². The second-order valence-electron chi connectivity index (χ2n) is 8.57. The van der Waals surface area contributed by atoms with Crippen molar-refractivity contribution in [2.24, 2.45) is 0 Å². The van der Waals surface area contributed by atoms with Crippen molar-refractivity contribution in [2.45, 2.75) is 24.8 Å². The summed E-state index contributed by atoms with van der Waals surface area (Å²) in [6, 6.07) is 24.3. The van der Waals surface area contributed by atoms with E-state index in [1.165, 1.54) is 11.1 Å². The van der Waals surface area contributed by atoms with Gasteiger partial charge in [0.05, 0.1) is 13.2 Å². The zero-order valence-corrected chi connectivity index (χ0v) is 19.0. The monoisotopic (exact) mass is 446 g/mol. The number of anilines is 1. The highest BCUT2D eigenvalue weighted by Crippen LogP contribution is 2.39. The van der Waals surface area contributed by atoms with Crippen molar-refractivity contribution in [1.82, 2.24) is 4.90 Å². The molecule has 0 spiro atoms. The second-order valence-corrected chi connectivity index (χ2v) is 9.00. The van der Waals surface area contributed by atoms with E-state index in [0.717, 1.165) is 37.4 Å². The molecule has 4 nitrogen and oxygen atoms in total. The first kappa shape index (κ1) is 20.9. The Morgan fingerprint density at radius 2 is 1.84 bits per heavy atom. The number of nitrogens with zero attached hydrogens (tertiary/aromatic N) is 2. The van der Waals surface area contributed by atoms with Crippen molar-refractivity contribution in [1.29, 1.82) is 0 Å². The Kier molecular flexibility index (Phi) is 5.79. The van der Waals surface area contributed by atoms with Crippen LogP contribution in [0.2, 0.25) is 5.02 Å². The van der Waals surface area contributed by atoms with Gasteiger partial charge in [0, 0.05) is 47.9 Å². The van der Waals surface area contributed by atoms with Crippen LogP contribution in [-0.2, 0) is 6.42 Å². The molecule has 32 heavy (non-hydrogen) atoms. The number of carbonyl (C=O) groups excluding carboxylic acids is 1. The van der Waals surface area contributed by atoms with Crippen LogP contribution in [0, 0.1) is 0 Å². The number of rotatable bonds is 4. The van der Waals surface area contributed by atoms with E-state index in [2.05, 4.69) is 46.2 Å². The summed E-state index contributed by atoms with van der Waals surface area (Å²) in [5.41, 5.74) is 4.58. The van der Waals surface area contributed by atoms with E-state index in [1.54, 1.807) is 13.2 Å². The number of piperazine rings is 1. The maximum absolute atomic E-state index is 13.6. The number of amides is 1. The SMILES string of the molecule is COc1cccc(N2CCN(C(=O)c3cccc(Cl)c3)C(C3CCc4ccccc43)C2)c1. The second kappa shape index (κ2) is 8.87. The summed E-state index contributed by atoms with van der Waals surface area (Å²) in [7, 11) is 1.69. The van der Waals surface area contributed by atoms with Crippen LogP contribution in [0.5, 0.6) is 5.75 Å². The van der Waals surface area contributed by atoms with Gasteiger partial charge in [0.25, 0.3) is 5.91 Å². The van der Waals surface area contributed by atoms with Crippen molar-refractivity contribution in [3.05, 3.63) is 94.5 Å². The lowest BCUT2D eigenvalue weighted by atomic mass is 9.89. The number of halogens is 1. The summed E-state index contributed by atoms with van der Waals surface area (Å²) < 4.78 is 5.44. The highest BCUT2D eigenvalue weighted by molar-refractivity contribution is 6.30. The van der Waals surface area contributed by atoms with Gasteiger partial charge in [0.1, 0.15) is 5.75 Å². The molecule has 3 aromatic carbocycles. The lowest BCUT2D eigenvalue weighted by Crippen LogP contribution is -2.57. The Morgan fingerprint density at radius 3 is 2.69 bits per heavy atom. The molecule has 1 saturated heterocycles. The largest absolute Gasteiger partial charge is 0.497 e. The first-order valence-corrected chi connectivity index (χ1v) is 11.5. The zero-order chi connectivity index (χ0) is 22.1. The molecule has 0 bridgehead atoms. The lowest BCUT2D eigenvalue weighted by molar-refractivity contribution is 0.0623. The molecular weight excluding hydrogens is 420 g/mol. The Morgan fingerprint density at radius 1 is 1.00 bits per heavy atom. The van der Waals surface area contributed by atoms with E-state index in [-0.39, 0.29) is 11.9 Å². The Balaban J connectivity index is 1.49. The molecule has 2 unspecified atom stereocenters. The third-order valence-corrected chi connectivity index (χ3v) is 7.05. The van der Waals surface area contributed by atoms with Gasteiger partial charge in [0.2, 0.25) is 0 Å². The van der Waals surface area contributed by atoms with E-state index in [1.807, 2.05) is 30.3 Å². The van der Waals surface area contributed by atoms with Crippen molar-refractivity contribution in [3.8, 4) is 5.75 Å². The number of ether oxygens (including phenoxy) is 1. The third kappa shape index (κ3) is 3.95. The molecule has 164 valence electrons. The Bertz CT molecular complexity index is 1130. The van der Waals surface area contributed by atoms with Crippen molar-refractivity contribution in [3.63, 3.8) is 0 Å². The average molecular weight is 447 g/mol. The minimum Gasteiger partial charge on any atom is -0.497 e.